The van der Waals surface area contributed by atoms with Gasteiger partial charge < -0.3 is 33.8 Å². The fourth-order valence-corrected chi connectivity index (χ4v) is 4.88. The van der Waals surface area contributed by atoms with E-state index in [0.717, 1.165) is 51.4 Å². The molecule has 1 aliphatic carbocycles. The first-order valence-electron chi connectivity index (χ1n) is 13.5. The Balaban J connectivity index is 0. The van der Waals surface area contributed by atoms with Crippen LogP contribution in [0.1, 0.15) is 103 Å². The second-order valence-electron chi connectivity index (χ2n) is 9.74. The molecule has 0 aromatic carbocycles. The SMILES string of the molecule is CCCCC[C@H](O)/C=C/[C@H]1[C@H](O)CC(=O)[C@@H]1CCCCCCC(=O)OCCCCCCOP(=O)([O-])[O-].[Na+].[Na+]. The van der Waals surface area contributed by atoms with Crippen LogP contribution in [0.3, 0.4) is 0 Å². The van der Waals surface area contributed by atoms with Gasteiger partial charge in [0.2, 0.25) is 0 Å². The van der Waals surface area contributed by atoms with Gasteiger partial charge in [-0.1, -0.05) is 64.0 Å². The quantitative estimate of drug-likeness (QED) is 0.0488. The Morgan fingerprint density at radius 2 is 1.66 bits per heavy atom. The predicted octanol–water partition coefficient (Wildman–Crippen LogP) is -2.65. The number of carbonyl (C=O) groups is 2. The predicted molar refractivity (Wildman–Crippen MR) is 133 cm³/mol. The van der Waals surface area contributed by atoms with E-state index in [1.807, 2.05) is 6.08 Å². The maximum Gasteiger partial charge on any atom is 1.00 e. The number of unbranched alkanes of at least 4 members (excludes halogenated alkanes) is 8. The number of phosphoric ester groups is 1. The molecule has 0 amide bonds. The van der Waals surface area contributed by atoms with Crippen molar-refractivity contribution in [2.45, 2.75) is 115 Å². The van der Waals surface area contributed by atoms with Gasteiger partial charge in [-0.15, -0.1) is 0 Å². The van der Waals surface area contributed by atoms with Crippen LogP contribution in [-0.2, 0) is 23.4 Å². The van der Waals surface area contributed by atoms with Crippen LogP contribution in [0.4, 0.5) is 0 Å². The number of rotatable bonds is 21. The number of phosphoric acid groups is 1. The fraction of sp³-hybridized carbons (Fsp3) is 0.846. The molecular weight excluding hydrogens is 533 g/mol. The molecule has 1 aliphatic rings. The number of aliphatic hydroxyl groups is 2. The minimum Gasteiger partial charge on any atom is -0.790 e. The van der Waals surface area contributed by atoms with Gasteiger partial charge in [-0.2, -0.15) is 0 Å². The van der Waals surface area contributed by atoms with E-state index < -0.39 is 20.0 Å². The summed E-state index contributed by atoms with van der Waals surface area (Å²) in [5, 5.41) is 20.4. The summed E-state index contributed by atoms with van der Waals surface area (Å²) in [4.78, 5) is 44.8. The Kier molecular flexibility index (Phi) is 26.5. The van der Waals surface area contributed by atoms with Gasteiger partial charge in [-0.25, -0.2) is 0 Å². The van der Waals surface area contributed by atoms with Gasteiger partial charge in [0.15, 0.2) is 0 Å². The molecule has 0 bridgehead atoms. The second-order valence-corrected chi connectivity index (χ2v) is 10.9. The number of ether oxygens (including phenoxy) is 1. The minimum atomic E-state index is -4.89. The van der Waals surface area contributed by atoms with Crippen molar-refractivity contribution in [2.24, 2.45) is 11.8 Å². The summed E-state index contributed by atoms with van der Waals surface area (Å²) >= 11 is 0. The average Bonchev–Trinajstić information content (AvgIpc) is 3.07. The van der Waals surface area contributed by atoms with Gasteiger partial charge in [-0.3, -0.25) is 9.59 Å². The number of hydrogen-bond acceptors (Lipinski definition) is 9. The van der Waals surface area contributed by atoms with Crippen molar-refractivity contribution in [2.75, 3.05) is 13.2 Å². The molecule has 0 aliphatic heterocycles. The van der Waals surface area contributed by atoms with Gasteiger partial charge in [0.05, 0.1) is 33.2 Å². The maximum absolute atomic E-state index is 12.3. The first-order valence-corrected chi connectivity index (χ1v) is 15.0. The zero-order valence-corrected chi connectivity index (χ0v) is 28.6. The molecule has 0 aromatic heterocycles. The topological polar surface area (TPSA) is 156 Å². The summed E-state index contributed by atoms with van der Waals surface area (Å²) in [5.41, 5.74) is 0. The summed E-state index contributed by atoms with van der Waals surface area (Å²) in [6.45, 7) is 2.32. The molecule has 0 aromatic rings. The Morgan fingerprint density at radius 1 is 1.03 bits per heavy atom. The number of carbonyl (C=O) groups excluding carboxylic acids is 2. The summed E-state index contributed by atoms with van der Waals surface area (Å²) < 4.78 is 19.7. The van der Waals surface area contributed by atoms with Crippen molar-refractivity contribution >= 4 is 19.6 Å². The monoisotopic (exact) mass is 578 g/mol. The summed E-state index contributed by atoms with van der Waals surface area (Å²) in [7, 11) is -4.89. The first-order chi connectivity index (χ1) is 17.1. The Morgan fingerprint density at radius 3 is 2.32 bits per heavy atom. The van der Waals surface area contributed by atoms with Crippen LogP contribution in [-0.4, -0.2) is 47.4 Å². The molecular formula is C26H45Na2O9P. The molecule has 2 N–H and O–H groups in total. The van der Waals surface area contributed by atoms with Gasteiger partial charge in [-0.05, 0) is 38.5 Å². The van der Waals surface area contributed by atoms with Gasteiger partial charge in [0.1, 0.15) is 5.78 Å². The Bertz CT molecular complexity index is 702. The van der Waals surface area contributed by atoms with E-state index in [0.29, 0.717) is 45.1 Å². The van der Waals surface area contributed by atoms with E-state index in [4.69, 9.17) is 4.74 Å². The van der Waals surface area contributed by atoms with E-state index in [1.165, 1.54) is 0 Å². The fourth-order valence-electron chi connectivity index (χ4n) is 4.53. The maximum atomic E-state index is 12.3. The van der Waals surface area contributed by atoms with Crippen LogP contribution >= 0.6 is 7.82 Å². The van der Waals surface area contributed by atoms with Crippen molar-refractivity contribution in [3.05, 3.63) is 12.2 Å². The van der Waals surface area contributed by atoms with E-state index in [1.54, 1.807) is 6.08 Å². The Hall–Kier alpha value is 0.910. The average molecular weight is 579 g/mol. The van der Waals surface area contributed by atoms with E-state index >= 15 is 0 Å². The molecule has 1 saturated carbocycles. The molecule has 9 nitrogen and oxygen atoms in total. The number of aliphatic hydroxyl groups excluding tert-OH is 2. The van der Waals surface area contributed by atoms with Crippen LogP contribution in [0.25, 0.3) is 0 Å². The number of hydrogen-bond donors (Lipinski definition) is 2. The van der Waals surface area contributed by atoms with Crippen LogP contribution in [0.2, 0.25) is 0 Å². The molecule has 0 heterocycles. The zero-order valence-electron chi connectivity index (χ0n) is 23.7. The largest absolute Gasteiger partial charge is 1.00 e. The van der Waals surface area contributed by atoms with E-state index in [9.17, 15) is 34.2 Å². The number of ketones is 1. The van der Waals surface area contributed by atoms with Crippen molar-refractivity contribution in [1.82, 2.24) is 0 Å². The Labute approximate surface area is 272 Å². The third-order valence-corrected chi connectivity index (χ3v) is 7.09. The van der Waals surface area contributed by atoms with Crippen LogP contribution in [0.5, 0.6) is 0 Å². The van der Waals surface area contributed by atoms with E-state index in [-0.39, 0.29) is 95.7 Å². The number of Topliss-reactive ketones (excluding diaryl/α,β-unsaturated/α-hetero) is 1. The van der Waals surface area contributed by atoms with Gasteiger partial charge >= 0.3 is 65.1 Å². The smallest absolute Gasteiger partial charge is 0.790 e. The molecule has 0 saturated heterocycles. The van der Waals surface area contributed by atoms with Crippen molar-refractivity contribution in [3.63, 3.8) is 0 Å². The van der Waals surface area contributed by atoms with Gasteiger partial charge in [0, 0.05) is 24.7 Å². The van der Waals surface area contributed by atoms with Gasteiger partial charge in [0.25, 0.3) is 0 Å². The van der Waals surface area contributed by atoms with Crippen LogP contribution < -0.4 is 68.9 Å². The molecule has 0 unspecified atom stereocenters. The summed E-state index contributed by atoms with van der Waals surface area (Å²) in [6, 6.07) is 0. The van der Waals surface area contributed by atoms with Crippen molar-refractivity contribution in [3.8, 4) is 0 Å². The second kappa shape index (κ2) is 24.5. The third-order valence-electron chi connectivity index (χ3n) is 6.59. The van der Waals surface area contributed by atoms with Crippen molar-refractivity contribution in [1.29, 1.82) is 0 Å². The summed E-state index contributed by atoms with van der Waals surface area (Å²) in [5.74, 6) is -0.597. The zero-order chi connectivity index (χ0) is 26.8. The molecule has 0 spiro atoms. The third kappa shape index (κ3) is 20.7. The molecule has 1 fully saturated rings. The molecule has 1 rings (SSSR count). The minimum absolute atomic E-state index is 0. The normalized spacial score (nSPS) is 20.2. The van der Waals surface area contributed by atoms with Crippen molar-refractivity contribution < 1.29 is 103 Å². The first kappa shape index (κ1) is 41.0. The molecule has 210 valence electrons. The molecule has 4 atom stereocenters. The molecule has 0 radical (unpaired) electrons. The molecule has 12 heteroatoms. The van der Waals surface area contributed by atoms with E-state index in [2.05, 4.69) is 11.4 Å². The van der Waals surface area contributed by atoms with Crippen LogP contribution in [0, 0.1) is 11.8 Å². The standard InChI is InChI=1S/C26H47O9P.2Na/c1-2-3-8-13-21(27)16-17-23-22(24(28)20-25(23)29)14-9-4-5-10-15-26(30)34-18-11-6-7-12-19-35-36(31,32)33;;/h16-17,21-23,25,27,29H,2-15,18-20H2,1H3,(H2,31,32,33);;/q;2*+1/p-2/b17-16+;;/t21-,22+,23+,25+;;/m0../s1. The summed E-state index contributed by atoms with van der Waals surface area (Å²) in [6.07, 6.45) is 13.3. The number of esters is 1. The van der Waals surface area contributed by atoms with Crippen LogP contribution in [0.15, 0.2) is 12.2 Å². The molecule has 38 heavy (non-hydrogen) atoms.